The Balaban J connectivity index is 2.63. The average molecular weight is 277 g/mol. The molecular weight excluding hydrogens is 254 g/mol. The molecule has 0 radical (unpaired) electrons. The molecule has 0 bridgehead atoms. The van der Waals surface area contributed by atoms with Crippen LogP contribution in [0.1, 0.15) is 33.6 Å². The second kappa shape index (κ2) is 5.54. The second-order valence-electron chi connectivity index (χ2n) is 5.46. The van der Waals surface area contributed by atoms with Gasteiger partial charge in [-0.25, -0.2) is 13.1 Å². The quantitative estimate of drug-likeness (QED) is 0.651. The van der Waals surface area contributed by atoms with Crippen LogP contribution >= 0.6 is 0 Å². The van der Waals surface area contributed by atoms with Gasteiger partial charge in [-0.3, -0.25) is 4.79 Å². The lowest BCUT2D eigenvalue weighted by molar-refractivity contribution is -0.126. The van der Waals surface area contributed by atoms with Gasteiger partial charge in [-0.1, -0.05) is 0 Å². The molecule has 2 atom stereocenters. The maximum atomic E-state index is 12.1. The fraction of sp³-hybridized carbons (Fsp3) is 0.909. The highest BCUT2D eigenvalue weighted by Gasteiger charge is 2.33. The predicted octanol–water partition coefficient (Wildman–Crippen LogP) is -0.429. The van der Waals surface area contributed by atoms with Crippen LogP contribution in [0.25, 0.3) is 0 Å². The van der Waals surface area contributed by atoms with Crippen molar-refractivity contribution in [2.45, 2.75) is 51.2 Å². The van der Waals surface area contributed by atoms with Gasteiger partial charge in [-0.05, 0) is 40.2 Å². The van der Waals surface area contributed by atoms with Gasteiger partial charge in [0.1, 0.15) is 5.54 Å². The monoisotopic (exact) mass is 277 g/mol. The molecule has 0 saturated carbocycles. The largest absolute Gasteiger partial charge is 0.350 e. The summed E-state index contributed by atoms with van der Waals surface area (Å²) in [5, 5.41) is 6.19. The highest BCUT2D eigenvalue weighted by atomic mass is 32.2. The minimum absolute atomic E-state index is 0.0480. The smallest absolute Gasteiger partial charge is 0.240 e. The molecule has 1 amide bonds. The molecule has 7 heteroatoms. The van der Waals surface area contributed by atoms with Crippen LogP contribution in [-0.4, -0.2) is 44.7 Å². The van der Waals surface area contributed by atoms with E-state index in [4.69, 9.17) is 0 Å². The molecule has 18 heavy (non-hydrogen) atoms. The summed E-state index contributed by atoms with van der Waals surface area (Å²) in [6, 6.07) is 0.253. The number of carbonyl (C=O) groups is 1. The molecule has 3 N–H and O–H groups in total. The molecule has 106 valence electrons. The summed E-state index contributed by atoms with van der Waals surface area (Å²) >= 11 is 0. The molecule has 1 rings (SSSR count). The summed E-state index contributed by atoms with van der Waals surface area (Å²) in [5.41, 5.74) is -1.13. The molecule has 1 heterocycles. The van der Waals surface area contributed by atoms with Gasteiger partial charge in [-0.15, -0.1) is 0 Å². The van der Waals surface area contributed by atoms with E-state index >= 15 is 0 Å². The van der Waals surface area contributed by atoms with Gasteiger partial charge in [-0.2, -0.15) is 0 Å². The molecular formula is C11H23N3O3S. The Labute approximate surface area is 109 Å². The third-order valence-electron chi connectivity index (χ3n) is 3.09. The van der Waals surface area contributed by atoms with Gasteiger partial charge < -0.3 is 10.6 Å². The molecule has 1 saturated heterocycles. The van der Waals surface area contributed by atoms with Crippen molar-refractivity contribution in [2.24, 2.45) is 0 Å². The Bertz CT molecular complexity index is 406. The standard InChI is InChI=1S/C11H23N3O3S/c1-8-9(6-5-7-12-8)13-10(15)11(2,3)14-18(4,16)17/h8-9,12,14H,5-7H2,1-4H3,(H,13,15). The number of sulfonamides is 1. The molecule has 6 nitrogen and oxygen atoms in total. The van der Waals surface area contributed by atoms with E-state index in [1.54, 1.807) is 13.8 Å². The van der Waals surface area contributed by atoms with Gasteiger partial charge in [0.15, 0.2) is 0 Å². The van der Waals surface area contributed by atoms with Crippen LogP contribution in [0.5, 0.6) is 0 Å². The van der Waals surface area contributed by atoms with E-state index in [2.05, 4.69) is 15.4 Å². The van der Waals surface area contributed by atoms with Crippen LogP contribution in [0.3, 0.4) is 0 Å². The van der Waals surface area contributed by atoms with E-state index in [1.807, 2.05) is 6.92 Å². The van der Waals surface area contributed by atoms with Gasteiger partial charge in [0, 0.05) is 12.1 Å². The molecule has 0 spiro atoms. The van der Waals surface area contributed by atoms with Gasteiger partial charge in [0.05, 0.1) is 6.26 Å². The van der Waals surface area contributed by atoms with Crippen molar-refractivity contribution in [1.82, 2.24) is 15.4 Å². The number of hydrogen-bond donors (Lipinski definition) is 3. The fourth-order valence-corrected chi connectivity index (χ4v) is 3.12. The highest BCUT2D eigenvalue weighted by molar-refractivity contribution is 7.88. The van der Waals surface area contributed by atoms with Crippen LogP contribution < -0.4 is 15.4 Å². The van der Waals surface area contributed by atoms with E-state index in [-0.39, 0.29) is 18.0 Å². The van der Waals surface area contributed by atoms with Crippen molar-refractivity contribution in [2.75, 3.05) is 12.8 Å². The van der Waals surface area contributed by atoms with Crippen molar-refractivity contribution < 1.29 is 13.2 Å². The Morgan fingerprint density at radius 1 is 1.39 bits per heavy atom. The summed E-state index contributed by atoms with van der Waals surface area (Å²) in [7, 11) is -3.41. The number of hydrogen-bond acceptors (Lipinski definition) is 4. The van der Waals surface area contributed by atoms with E-state index in [1.165, 1.54) is 0 Å². The fourth-order valence-electron chi connectivity index (χ4n) is 2.10. The molecule has 0 aliphatic carbocycles. The molecule has 0 aromatic rings. The third-order valence-corrected chi connectivity index (χ3v) is 3.97. The van der Waals surface area contributed by atoms with E-state index in [9.17, 15) is 13.2 Å². The topological polar surface area (TPSA) is 87.3 Å². The van der Waals surface area contributed by atoms with Gasteiger partial charge in [0.25, 0.3) is 0 Å². The second-order valence-corrected chi connectivity index (χ2v) is 7.21. The molecule has 1 aliphatic heterocycles. The van der Waals surface area contributed by atoms with Crippen molar-refractivity contribution in [3.8, 4) is 0 Å². The summed E-state index contributed by atoms with van der Waals surface area (Å²) in [6.07, 6.45) is 2.97. The lowest BCUT2D eigenvalue weighted by atomic mass is 9.98. The number of nitrogens with one attached hydrogen (secondary N) is 3. The SMILES string of the molecule is CC1NCCCC1NC(=O)C(C)(C)NS(C)(=O)=O. The zero-order valence-electron chi connectivity index (χ0n) is 11.4. The van der Waals surface area contributed by atoms with Crippen LogP contribution in [0.4, 0.5) is 0 Å². The maximum absolute atomic E-state index is 12.1. The minimum atomic E-state index is -3.41. The first-order valence-electron chi connectivity index (χ1n) is 6.15. The van der Waals surface area contributed by atoms with Crippen LogP contribution in [0.15, 0.2) is 0 Å². The summed E-state index contributed by atoms with van der Waals surface area (Å²) < 4.78 is 24.7. The van der Waals surface area contributed by atoms with Crippen molar-refractivity contribution in [3.63, 3.8) is 0 Å². The Morgan fingerprint density at radius 3 is 2.50 bits per heavy atom. The third kappa shape index (κ3) is 4.55. The van der Waals surface area contributed by atoms with Crippen molar-refractivity contribution in [1.29, 1.82) is 0 Å². The van der Waals surface area contributed by atoms with Gasteiger partial charge in [0.2, 0.25) is 15.9 Å². The Morgan fingerprint density at radius 2 is 2.00 bits per heavy atom. The maximum Gasteiger partial charge on any atom is 0.240 e. The van der Waals surface area contributed by atoms with E-state index in [0.29, 0.717) is 0 Å². The first kappa shape index (κ1) is 15.4. The molecule has 1 aliphatic rings. The first-order chi connectivity index (χ1) is 8.12. The van der Waals surface area contributed by atoms with Crippen LogP contribution in [0, 0.1) is 0 Å². The minimum Gasteiger partial charge on any atom is -0.350 e. The van der Waals surface area contributed by atoms with E-state index in [0.717, 1.165) is 25.6 Å². The van der Waals surface area contributed by atoms with Crippen LogP contribution in [-0.2, 0) is 14.8 Å². The number of amides is 1. The normalized spacial score (nSPS) is 25.8. The molecule has 0 aromatic carbocycles. The first-order valence-corrected chi connectivity index (χ1v) is 8.04. The van der Waals surface area contributed by atoms with Crippen LogP contribution in [0.2, 0.25) is 0 Å². The Hall–Kier alpha value is -0.660. The Kier molecular flexibility index (Phi) is 4.74. The lowest BCUT2D eigenvalue weighted by Gasteiger charge is -2.33. The highest BCUT2D eigenvalue weighted by Crippen LogP contribution is 2.11. The predicted molar refractivity (Wildman–Crippen MR) is 70.7 cm³/mol. The van der Waals surface area contributed by atoms with Gasteiger partial charge >= 0.3 is 0 Å². The molecule has 1 fully saturated rings. The summed E-state index contributed by atoms with van der Waals surface area (Å²) in [5.74, 6) is -0.298. The lowest BCUT2D eigenvalue weighted by Crippen LogP contribution is -2.60. The molecule has 2 unspecified atom stereocenters. The zero-order chi connectivity index (χ0) is 14.0. The summed E-state index contributed by atoms with van der Waals surface area (Å²) in [4.78, 5) is 12.1. The van der Waals surface area contributed by atoms with Crippen molar-refractivity contribution in [3.05, 3.63) is 0 Å². The van der Waals surface area contributed by atoms with Crippen molar-refractivity contribution >= 4 is 15.9 Å². The number of rotatable bonds is 4. The zero-order valence-corrected chi connectivity index (χ0v) is 12.2. The number of piperidine rings is 1. The number of carbonyl (C=O) groups excluding carboxylic acids is 1. The molecule has 0 aromatic heterocycles. The van der Waals surface area contributed by atoms with E-state index < -0.39 is 15.6 Å². The summed E-state index contributed by atoms with van der Waals surface area (Å²) in [6.45, 7) is 6.09. The average Bonchev–Trinajstić information content (AvgIpc) is 2.17.